The van der Waals surface area contributed by atoms with Crippen LogP contribution in [0.1, 0.15) is 95.3 Å². The van der Waals surface area contributed by atoms with Gasteiger partial charge in [0.1, 0.15) is 23.9 Å². The number of hydrogen-bond acceptors (Lipinski definition) is 18. The SMILES string of the molecule is CCCNC(=O)Sc1ccccc1C(=O)NCCC(N)=O.CCCNC(=O)Sc1ccccc1C(=O)N[C@@H](C)C(N)=O.C[C@@H](NC(=O)c1ccccc1SC(=O)Nc1ccc(F)cc1)C(N)=O.C[C@@H](NC(=O)c1ccccc1SC(=O)Nc1ccc([N+](=O)[O-])cc1)C(N)=O. The quantitative estimate of drug-likeness (QED) is 0.0154. The van der Waals surface area contributed by atoms with Crippen LogP contribution in [-0.2, 0) is 19.2 Å². The third-order valence-electron chi connectivity index (χ3n) is 11.8. The number of halogens is 1. The van der Waals surface area contributed by atoms with Gasteiger partial charge in [-0.05, 0) is 166 Å². The summed E-state index contributed by atoms with van der Waals surface area (Å²) < 4.78 is 12.9. The van der Waals surface area contributed by atoms with Gasteiger partial charge in [0.25, 0.3) is 50.3 Å². The molecular formula is C62H70FN13O14S4. The number of thioether (sulfide) groups is 4. The number of non-ortho nitro benzene ring substituents is 1. The van der Waals surface area contributed by atoms with Gasteiger partial charge in [0.2, 0.25) is 23.6 Å². The van der Waals surface area contributed by atoms with Crippen LogP contribution in [0.5, 0.6) is 0 Å². The van der Waals surface area contributed by atoms with Gasteiger partial charge in [0, 0.05) is 69.1 Å². The van der Waals surface area contributed by atoms with E-state index in [-0.39, 0.29) is 46.2 Å². The van der Waals surface area contributed by atoms with E-state index < -0.39 is 80.7 Å². The Morgan fingerprint density at radius 2 is 0.723 bits per heavy atom. The summed E-state index contributed by atoms with van der Waals surface area (Å²) in [6.07, 6.45) is 1.77. The molecule has 3 atom stereocenters. The number of nitrogens with two attached hydrogens (primary N) is 4. The second-order valence-corrected chi connectivity index (χ2v) is 23.3. The normalized spacial score (nSPS) is 11.1. The average Bonchev–Trinajstić information content (AvgIpc) is 0.950. The molecule has 6 rings (SSSR count). The lowest BCUT2D eigenvalue weighted by Gasteiger charge is -2.12. The van der Waals surface area contributed by atoms with Crippen molar-refractivity contribution in [2.75, 3.05) is 30.3 Å². The van der Waals surface area contributed by atoms with Crippen molar-refractivity contribution in [1.82, 2.24) is 31.9 Å². The molecular weight excluding hydrogens is 1300 g/mol. The first-order chi connectivity index (χ1) is 44.6. The van der Waals surface area contributed by atoms with Gasteiger partial charge in [0.05, 0.1) is 27.2 Å². The number of nitro groups is 1. The highest BCUT2D eigenvalue weighted by Crippen LogP contribution is 2.28. The van der Waals surface area contributed by atoms with E-state index in [1.165, 1.54) is 81.4 Å². The number of amides is 12. The molecule has 0 aliphatic rings. The minimum absolute atomic E-state index is 0.0814. The fourth-order valence-corrected chi connectivity index (χ4v) is 9.97. The van der Waals surface area contributed by atoms with Crippen molar-refractivity contribution < 1.29 is 66.8 Å². The lowest BCUT2D eigenvalue weighted by Crippen LogP contribution is -2.42. The van der Waals surface area contributed by atoms with Gasteiger partial charge in [-0.1, -0.05) is 62.4 Å². The van der Waals surface area contributed by atoms with E-state index in [9.17, 15) is 72.0 Å². The molecule has 0 spiro atoms. The largest absolute Gasteiger partial charge is 0.370 e. The smallest absolute Gasteiger partial charge is 0.288 e. The zero-order valence-corrected chi connectivity index (χ0v) is 54.6. The van der Waals surface area contributed by atoms with E-state index in [0.29, 0.717) is 55.2 Å². The molecule has 16 N–H and O–H groups in total. The molecule has 6 aromatic rings. The Morgan fingerprint density at radius 1 is 0.426 bits per heavy atom. The molecule has 12 amide bonds. The summed E-state index contributed by atoms with van der Waals surface area (Å²) in [5, 5.41) is 30.0. The van der Waals surface area contributed by atoms with E-state index in [1.807, 2.05) is 13.8 Å². The highest BCUT2D eigenvalue weighted by atomic mass is 32.2. The second-order valence-electron chi connectivity index (χ2n) is 19.2. The van der Waals surface area contributed by atoms with E-state index in [1.54, 1.807) is 84.9 Å². The molecule has 0 saturated heterocycles. The van der Waals surface area contributed by atoms with Crippen molar-refractivity contribution in [3.8, 4) is 0 Å². The highest BCUT2D eigenvalue weighted by molar-refractivity contribution is 8.14. The summed E-state index contributed by atoms with van der Waals surface area (Å²) in [4.78, 5) is 152. The van der Waals surface area contributed by atoms with Crippen LogP contribution in [0, 0.1) is 15.9 Å². The van der Waals surface area contributed by atoms with Crippen molar-refractivity contribution in [3.05, 3.63) is 184 Å². The van der Waals surface area contributed by atoms with Gasteiger partial charge >= 0.3 is 0 Å². The van der Waals surface area contributed by atoms with Crippen LogP contribution >= 0.6 is 47.0 Å². The molecule has 27 nitrogen and oxygen atoms in total. The van der Waals surface area contributed by atoms with Crippen LogP contribution in [0.15, 0.2) is 165 Å². The van der Waals surface area contributed by atoms with Gasteiger partial charge in [-0.15, -0.1) is 0 Å². The number of carbonyl (C=O) groups excluding carboxylic acids is 12. The van der Waals surface area contributed by atoms with Gasteiger partial charge in [-0.25, -0.2) is 4.39 Å². The van der Waals surface area contributed by atoms with Crippen molar-refractivity contribution in [2.45, 2.75) is 91.6 Å². The lowest BCUT2D eigenvalue weighted by molar-refractivity contribution is -0.384. The van der Waals surface area contributed by atoms with Crippen molar-refractivity contribution >= 4 is 132 Å². The predicted octanol–water partition coefficient (Wildman–Crippen LogP) is 8.28. The molecule has 32 heteroatoms. The molecule has 0 unspecified atom stereocenters. The van der Waals surface area contributed by atoms with Crippen molar-refractivity contribution in [3.63, 3.8) is 0 Å². The first kappa shape index (κ1) is 77.9. The van der Waals surface area contributed by atoms with E-state index in [0.717, 1.165) is 59.9 Å². The van der Waals surface area contributed by atoms with E-state index >= 15 is 0 Å². The summed E-state index contributed by atoms with van der Waals surface area (Å²) >= 11 is 3.51. The van der Waals surface area contributed by atoms with Gasteiger partial charge < -0.3 is 65.5 Å². The molecule has 0 saturated carbocycles. The average molecular weight is 1370 g/mol. The van der Waals surface area contributed by atoms with Crippen LogP contribution in [0.25, 0.3) is 0 Å². The van der Waals surface area contributed by atoms with Crippen molar-refractivity contribution in [2.24, 2.45) is 22.9 Å². The maximum Gasteiger partial charge on any atom is 0.288 e. The Labute approximate surface area is 556 Å². The number of nitro benzene ring substituents is 1. The zero-order chi connectivity index (χ0) is 69.9. The Balaban J connectivity index is 0.000000329. The molecule has 0 aliphatic carbocycles. The second kappa shape index (κ2) is 41.2. The molecule has 0 radical (unpaired) electrons. The number of rotatable bonds is 24. The van der Waals surface area contributed by atoms with Crippen molar-refractivity contribution in [1.29, 1.82) is 0 Å². The van der Waals surface area contributed by atoms with Crippen LogP contribution in [0.2, 0.25) is 0 Å². The summed E-state index contributed by atoms with van der Waals surface area (Å²) in [7, 11) is 0. The molecule has 94 heavy (non-hydrogen) atoms. The number of hydrogen-bond donors (Lipinski definition) is 12. The number of primary amides is 4. The summed E-state index contributed by atoms with van der Waals surface area (Å²) in [5.74, 6) is -4.65. The third-order valence-corrected chi connectivity index (χ3v) is 15.3. The first-order valence-corrected chi connectivity index (χ1v) is 31.5. The highest BCUT2D eigenvalue weighted by Gasteiger charge is 2.22. The van der Waals surface area contributed by atoms with Crippen LogP contribution in [0.3, 0.4) is 0 Å². The Bertz CT molecular complexity index is 3670. The Hall–Kier alpha value is -10.3. The number of nitrogens with one attached hydrogen (secondary N) is 8. The summed E-state index contributed by atoms with van der Waals surface area (Å²) in [6.45, 7) is 9.70. The molecule has 0 bridgehead atoms. The van der Waals surface area contributed by atoms with Gasteiger partial charge in [0.15, 0.2) is 0 Å². The fraction of sp³-hybridized carbons (Fsp3) is 0.226. The standard InChI is InChI=1S/C17H16FN3O3S.C17H16N4O5S.2C14H19N3O3S/c1-10(15(19)22)20-16(23)13-4-2-3-5-14(13)25-17(24)21-12-8-6-11(18)7-9-12;1-10(15(18)22)19-16(23)13-4-2-3-5-14(13)27-17(24)20-11-6-8-12(9-7-11)21(25)26;1-3-8-16-14(20)21-11-7-5-4-6-10(11)13(19)17-9(2)12(15)18;1-2-8-17-14(20)21-11-6-4-3-5-10(11)13(19)16-9-7-12(15)18/h2-10H,1H3,(H2,19,22)(H,20,23)(H,21,24);2-10H,1H3,(H2,18,22)(H,19,23)(H,20,24);4-7,9H,3,8H2,1-2H3,(H2,15,18)(H,16,20)(H,17,19);3-6H,2,7-9H2,1H3,(H2,15,18)(H,16,19)(H,17,20)/t2*10-;9-;/m110./s1. The van der Waals surface area contributed by atoms with Crippen LogP contribution < -0.4 is 65.5 Å². The Morgan fingerprint density at radius 3 is 1.02 bits per heavy atom. The van der Waals surface area contributed by atoms with Crippen LogP contribution in [0.4, 0.5) is 40.6 Å². The first-order valence-electron chi connectivity index (χ1n) is 28.3. The molecule has 498 valence electrons. The molecule has 6 aromatic carbocycles. The molecule has 0 fully saturated rings. The number of carbonyl (C=O) groups is 12. The van der Waals surface area contributed by atoms with E-state index in [2.05, 4.69) is 42.5 Å². The zero-order valence-electron chi connectivity index (χ0n) is 51.3. The number of benzene rings is 6. The summed E-state index contributed by atoms with van der Waals surface area (Å²) in [5.41, 5.74) is 22.3. The van der Waals surface area contributed by atoms with Crippen LogP contribution in [-0.4, -0.2) is 111 Å². The number of anilines is 2. The predicted molar refractivity (Wildman–Crippen MR) is 359 cm³/mol. The lowest BCUT2D eigenvalue weighted by atomic mass is 10.2. The number of nitrogens with zero attached hydrogens (tertiary/aromatic N) is 1. The van der Waals surface area contributed by atoms with E-state index in [4.69, 9.17) is 22.9 Å². The topological polar surface area (TPSA) is 448 Å². The maximum absolute atomic E-state index is 12.9. The molecule has 0 heterocycles. The molecule has 0 aliphatic heterocycles. The third kappa shape index (κ3) is 28.9. The minimum Gasteiger partial charge on any atom is -0.370 e. The fourth-order valence-electron chi connectivity index (χ4n) is 6.82. The minimum atomic E-state index is -0.857. The Kier molecular flexibility index (Phi) is 34.2. The molecule has 0 aromatic heterocycles. The van der Waals surface area contributed by atoms with Gasteiger partial charge in [-0.3, -0.25) is 67.6 Å². The van der Waals surface area contributed by atoms with Gasteiger partial charge in [-0.2, -0.15) is 0 Å². The maximum atomic E-state index is 12.9. The monoisotopic (exact) mass is 1370 g/mol. The summed E-state index contributed by atoms with van der Waals surface area (Å²) in [6, 6.07) is 34.6.